The van der Waals surface area contributed by atoms with Crippen LogP contribution in [0.1, 0.15) is 30.4 Å². The molecule has 2 saturated heterocycles. The fourth-order valence-electron chi connectivity index (χ4n) is 3.46. The molecular formula is C18H27N3O3S. The van der Waals surface area contributed by atoms with E-state index in [1.54, 1.807) is 17.0 Å². The predicted molar refractivity (Wildman–Crippen MR) is 96.9 cm³/mol. The third kappa shape index (κ3) is 3.88. The summed E-state index contributed by atoms with van der Waals surface area (Å²) in [6.45, 7) is 6.40. The number of carbonyl (C=O) groups excluding carboxylic acids is 1. The highest BCUT2D eigenvalue weighted by Gasteiger charge is 2.32. The molecule has 2 aliphatic rings. The Morgan fingerprint density at radius 3 is 2.40 bits per heavy atom. The zero-order valence-corrected chi connectivity index (χ0v) is 15.8. The molecule has 0 aromatic heterocycles. The molecule has 1 aromatic carbocycles. The first-order chi connectivity index (χ1) is 11.9. The van der Waals surface area contributed by atoms with Crippen molar-refractivity contribution < 1.29 is 13.2 Å². The van der Waals surface area contributed by atoms with Gasteiger partial charge in [0, 0.05) is 26.2 Å². The molecule has 0 aliphatic carbocycles. The minimum atomic E-state index is -3.50. The lowest BCUT2D eigenvalue weighted by Crippen LogP contribution is -2.55. The Balaban J connectivity index is 1.64. The van der Waals surface area contributed by atoms with Gasteiger partial charge in [-0.25, -0.2) is 8.42 Å². The van der Waals surface area contributed by atoms with E-state index < -0.39 is 10.0 Å². The van der Waals surface area contributed by atoms with E-state index in [9.17, 15) is 13.2 Å². The fraction of sp³-hybridized carbons (Fsp3) is 0.611. The molecule has 2 aliphatic heterocycles. The summed E-state index contributed by atoms with van der Waals surface area (Å²) >= 11 is 0. The first-order valence-electron chi connectivity index (χ1n) is 8.99. The van der Waals surface area contributed by atoms with E-state index in [0.29, 0.717) is 31.1 Å². The highest BCUT2D eigenvalue weighted by molar-refractivity contribution is 7.89. The normalized spacial score (nSPS) is 22.8. The number of aryl methyl sites for hydroxylation is 2. The number of amides is 1. The van der Waals surface area contributed by atoms with E-state index in [4.69, 9.17) is 0 Å². The van der Waals surface area contributed by atoms with Gasteiger partial charge in [-0.05, 0) is 56.5 Å². The Kier molecular flexibility index (Phi) is 5.46. The Morgan fingerprint density at radius 1 is 1.08 bits per heavy atom. The van der Waals surface area contributed by atoms with Gasteiger partial charge in [-0.15, -0.1) is 0 Å². The van der Waals surface area contributed by atoms with Gasteiger partial charge in [0.1, 0.15) is 0 Å². The molecule has 0 bridgehead atoms. The number of hydrogen-bond acceptors (Lipinski definition) is 4. The largest absolute Gasteiger partial charge is 0.339 e. The van der Waals surface area contributed by atoms with E-state index in [1.807, 2.05) is 19.9 Å². The van der Waals surface area contributed by atoms with Crippen molar-refractivity contribution in [3.63, 3.8) is 0 Å². The second-order valence-corrected chi connectivity index (χ2v) is 8.92. The Bertz CT molecular complexity index is 734. The number of sulfonamides is 1. The maximum Gasteiger partial charge on any atom is 0.243 e. The Hall–Kier alpha value is -1.44. The van der Waals surface area contributed by atoms with Crippen molar-refractivity contribution in [3.8, 4) is 0 Å². The molecule has 2 fully saturated rings. The lowest BCUT2D eigenvalue weighted by Gasteiger charge is -2.36. The van der Waals surface area contributed by atoms with Gasteiger partial charge in [-0.2, -0.15) is 4.31 Å². The molecule has 0 spiro atoms. The molecule has 1 unspecified atom stereocenters. The summed E-state index contributed by atoms with van der Waals surface area (Å²) in [6, 6.07) is 5.14. The first-order valence-corrected chi connectivity index (χ1v) is 10.4. The second-order valence-electron chi connectivity index (χ2n) is 6.98. The third-order valence-corrected chi connectivity index (χ3v) is 7.17. The average molecular weight is 365 g/mol. The summed E-state index contributed by atoms with van der Waals surface area (Å²) < 4.78 is 27.2. The van der Waals surface area contributed by atoms with E-state index in [1.165, 1.54) is 4.31 Å². The molecule has 1 atom stereocenters. The van der Waals surface area contributed by atoms with E-state index >= 15 is 0 Å². The number of benzene rings is 1. The van der Waals surface area contributed by atoms with E-state index in [-0.39, 0.29) is 11.9 Å². The molecule has 138 valence electrons. The van der Waals surface area contributed by atoms with Gasteiger partial charge in [0.05, 0.1) is 10.9 Å². The molecule has 0 radical (unpaired) electrons. The third-order valence-electron chi connectivity index (χ3n) is 5.27. The zero-order valence-electron chi connectivity index (χ0n) is 15.0. The van der Waals surface area contributed by atoms with Crippen LogP contribution in [-0.2, 0) is 14.8 Å². The standard InChI is InChI=1S/C18H27N3O3S/c1-14-6-7-16(13-15(14)2)25(23,24)21-11-9-20(10-12-21)18(22)17-5-3-4-8-19-17/h6-7,13,17,19H,3-5,8-12H2,1-2H3. The van der Waals surface area contributed by atoms with Gasteiger partial charge in [-0.1, -0.05) is 12.5 Å². The van der Waals surface area contributed by atoms with Crippen molar-refractivity contribution >= 4 is 15.9 Å². The average Bonchev–Trinajstić information content (AvgIpc) is 2.64. The molecule has 25 heavy (non-hydrogen) atoms. The van der Waals surface area contributed by atoms with Gasteiger partial charge in [-0.3, -0.25) is 4.79 Å². The molecule has 1 aromatic rings. The molecule has 2 heterocycles. The second kappa shape index (κ2) is 7.43. The monoisotopic (exact) mass is 365 g/mol. The number of rotatable bonds is 3. The van der Waals surface area contributed by atoms with Crippen LogP contribution in [0.2, 0.25) is 0 Å². The number of piperazine rings is 1. The maximum absolute atomic E-state index is 12.8. The summed E-state index contributed by atoms with van der Waals surface area (Å²) in [7, 11) is -3.50. The van der Waals surface area contributed by atoms with E-state index in [2.05, 4.69) is 5.32 Å². The number of carbonyl (C=O) groups is 1. The summed E-state index contributed by atoms with van der Waals surface area (Å²) in [6.07, 6.45) is 3.07. The van der Waals surface area contributed by atoms with Crippen molar-refractivity contribution in [2.75, 3.05) is 32.7 Å². The Labute approximate surface area is 150 Å². The molecule has 7 heteroatoms. The van der Waals surface area contributed by atoms with Crippen LogP contribution >= 0.6 is 0 Å². The maximum atomic E-state index is 12.8. The van der Waals surface area contributed by atoms with Crippen LogP contribution in [0.25, 0.3) is 0 Å². The van der Waals surface area contributed by atoms with Crippen LogP contribution in [0.15, 0.2) is 23.1 Å². The molecule has 1 amide bonds. The summed E-state index contributed by atoms with van der Waals surface area (Å²) in [4.78, 5) is 14.7. The molecular weight excluding hydrogens is 338 g/mol. The number of nitrogens with zero attached hydrogens (tertiary/aromatic N) is 2. The van der Waals surface area contributed by atoms with Gasteiger partial charge in [0.25, 0.3) is 0 Å². The fourth-order valence-corrected chi connectivity index (χ4v) is 4.96. The summed E-state index contributed by atoms with van der Waals surface area (Å²) in [5.41, 5.74) is 2.05. The molecule has 0 saturated carbocycles. The van der Waals surface area contributed by atoms with Gasteiger partial charge < -0.3 is 10.2 Å². The highest BCUT2D eigenvalue weighted by atomic mass is 32.2. The smallest absolute Gasteiger partial charge is 0.243 e. The van der Waals surface area contributed by atoms with Gasteiger partial charge in [0.15, 0.2) is 0 Å². The molecule has 6 nitrogen and oxygen atoms in total. The number of hydrogen-bond donors (Lipinski definition) is 1. The molecule has 1 N–H and O–H groups in total. The predicted octanol–water partition coefficient (Wildman–Crippen LogP) is 1.28. The summed E-state index contributed by atoms with van der Waals surface area (Å²) in [5.74, 6) is 0.114. The van der Waals surface area contributed by atoms with Gasteiger partial charge in [0.2, 0.25) is 15.9 Å². The van der Waals surface area contributed by atoms with Crippen LogP contribution in [0.3, 0.4) is 0 Å². The quantitative estimate of drug-likeness (QED) is 0.876. The van der Waals surface area contributed by atoms with Crippen LogP contribution in [0, 0.1) is 13.8 Å². The zero-order chi connectivity index (χ0) is 18.0. The van der Waals surface area contributed by atoms with Crippen molar-refractivity contribution in [1.29, 1.82) is 0 Å². The van der Waals surface area contributed by atoms with Crippen molar-refractivity contribution in [1.82, 2.24) is 14.5 Å². The lowest BCUT2D eigenvalue weighted by atomic mass is 10.0. The number of piperidine rings is 1. The van der Waals surface area contributed by atoms with Crippen molar-refractivity contribution in [2.24, 2.45) is 0 Å². The van der Waals surface area contributed by atoms with Crippen LogP contribution < -0.4 is 5.32 Å². The van der Waals surface area contributed by atoms with Crippen molar-refractivity contribution in [2.45, 2.75) is 44.0 Å². The number of nitrogens with one attached hydrogen (secondary N) is 1. The van der Waals surface area contributed by atoms with Gasteiger partial charge >= 0.3 is 0 Å². The summed E-state index contributed by atoms with van der Waals surface area (Å²) in [5, 5.41) is 3.27. The van der Waals surface area contributed by atoms with Crippen LogP contribution in [-0.4, -0.2) is 62.3 Å². The minimum Gasteiger partial charge on any atom is -0.339 e. The minimum absolute atomic E-state index is 0.100. The van der Waals surface area contributed by atoms with Crippen LogP contribution in [0.4, 0.5) is 0 Å². The lowest BCUT2D eigenvalue weighted by molar-refractivity contribution is -0.135. The Morgan fingerprint density at radius 2 is 1.80 bits per heavy atom. The topological polar surface area (TPSA) is 69.7 Å². The first kappa shape index (κ1) is 18.4. The van der Waals surface area contributed by atoms with Crippen molar-refractivity contribution in [3.05, 3.63) is 29.3 Å². The van der Waals surface area contributed by atoms with Crippen LogP contribution in [0.5, 0.6) is 0 Å². The SMILES string of the molecule is Cc1ccc(S(=O)(=O)N2CCN(C(=O)C3CCCCN3)CC2)cc1C. The van der Waals surface area contributed by atoms with E-state index in [0.717, 1.165) is 36.9 Å². The molecule has 3 rings (SSSR count). The highest BCUT2D eigenvalue weighted by Crippen LogP contribution is 2.21.